The number of amidine groups is 1. The van der Waals surface area contributed by atoms with Crippen LogP contribution >= 0.6 is 0 Å². The SMILES string of the molecule is C=C/C=C\C/C(C)=C\C.CCCN(N=O)c1nc(C2CCCCC2)[nH]c1C1=NCCN1. The highest BCUT2D eigenvalue weighted by atomic mass is 16.3. The van der Waals surface area contributed by atoms with Crippen molar-refractivity contribution in [1.82, 2.24) is 15.3 Å². The molecule has 0 saturated heterocycles. The average Bonchev–Trinajstić information content (AvgIpc) is 3.48. The molecule has 2 heterocycles. The third kappa shape index (κ3) is 7.49. The van der Waals surface area contributed by atoms with E-state index in [1.807, 2.05) is 13.0 Å². The fraction of sp³-hybridized carbons (Fsp3) is 0.583. The Bertz CT molecular complexity index is 786. The monoisotopic (exact) mass is 426 g/mol. The van der Waals surface area contributed by atoms with Gasteiger partial charge in [-0.05, 0) is 39.5 Å². The number of imidazole rings is 1. The minimum atomic E-state index is 0.457. The first-order valence-electron chi connectivity index (χ1n) is 11.5. The molecule has 1 fully saturated rings. The van der Waals surface area contributed by atoms with Crippen LogP contribution < -0.4 is 10.3 Å². The second kappa shape index (κ2) is 13.6. The normalized spacial score (nSPS) is 17.0. The summed E-state index contributed by atoms with van der Waals surface area (Å²) in [5, 5.41) is 7.86. The van der Waals surface area contributed by atoms with E-state index in [4.69, 9.17) is 4.98 Å². The summed E-state index contributed by atoms with van der Waals surface area (Å²) in [6.07, 6.45) is 16.0. The van der Waals surface area contributed by atoms with Gasteiger partial charge in [-0.15, -0.1) is 4.91 Å². The number of anilines is 1. The maximum absolute atomic E-state index is 11.2. The molecule has 3 rings (SSSR count). The number of aliphatic imine (C=N–C) groups is 1. The van der Waals surface area contributed by atoms with Crippen LogP contribution in [0, 0.1) is 4.91 Å². The summed E-state index contributed by atoms with van der Waals surface area (Å²) < 4.78 is 0. The minimum Gasteiger partial charge on any atom is -0.367 e. The van der Waals surface area contributed by atoms with Crippen molar-refractivity contribution in [3.05, 3.63) is 52.9 Å². The Hall–Kier alpha value is -2.70. The lowest BCUT2D eigenvalue weighted by molar-refractivity contribution is 0.430. The fourth-order valence-electron chi connectivity index (χ4n) is 3.73. The highest BCUT2D eigenvalue weighted by Crippen LogP contribution is 2.33. The van der Waals surface area contributed by atoms with Gasteiger partial charge >= 0.3 is 0 Å². The van der Waals surface area contributed by atoms with Gasteiger partial charge in [0.1, 0.15) is 17.4 Å². The molecule has 0 atom stereocenters. The molecule has 0 amide bonds. The predicted molar refractivity (Wildman–Crippen MR) is 131 cm³/mol. The lowest BCUT2D eigenvalue weighted by Gasteiger charge is -2.19. The molecule has 2 N–H and O–H groups in total. The molecule has 1 aliphatic carbocycles. The molecule has 2 aliphatic rings. The van der Waals surface area contributed by atoms with E-state index >= 15 is 0 Å². The zero-order valence-electron chi connectivity index (χ0n) is 19.4. The van der Waals surface area contributed by atoms with Gasteiger partial charge in [0.2, 0.25) is 0 Å². The van der Waals surface area contributed by atoms with E-state index in [0.29, 0.717) is 18.3 Å². The first-order valence-corrected chi connectivity index (χ1v) is 11.5. The van der Waals surface area contributed by atoms with Crippen LogP contribution in [0.25, 0.3) is 0 Å². The van der Waals surface area contributed by atoms with Crippen molar-refractivity contribution in [2.24, 2.45) is 10.3 Å². The van der Waals surface area contributed by atoms with E-state index in [1.165, 1.54) is 29.8 Å². The molecule has 170 valence electrons. The second-order valence-corrected chi connectivity index (χ2v) is 8.02. The smallest absolute Gasteiger partial charge is 0.181 e. The summed E-state index contributed by atoms with van der Waals surface area (Å²) in [7, 11) is 0. The number of aromatic nitrogens is 2. The Kier molecular flexibility index (Phi) is 10.8. The van der Waals surface area contributed by atoms with Crippen molar-refractivity contribution in [2.45, 2.75) is 71.6 Å². The summed E-state index contributed by atoms with van der Waals surface area (Å²) in [5.74, 6) is 2.85. The third-order valence-electron chi connectivity index (χ3n) is 5.59. The van der Waals surface area contributed by atoms with Crippen LogP contribution in [0.4, 0.5) is 5.82 Å². The largest absolute Gasteiger partial charge is 0.367 e. The summed E-state index contributed by atoms with van der Waals surface area (Å²) in [6.45, 7) is 11.9. The quantitative estimate of drug-likeness (QED) is 0.226. The molecule has 7 heteroatoms. The molecule has 31 heavy (non-hydrogen) atoms. The zero-order chi connectivity index (χ0) is 22.5. The number of allylic oxidation sites excluding steroid dienone is 5. The lowest BCUT2D eigenvalue weighted by atomic mass is 9.89. The van der Waals surface area contributed by atoms with E-state index in [9.17, 15) is 4.91 Å². The molecule has 0 aromatic carbocycles. The van der Waals surface area contributed by atoms with Crippen molar-refractivity contribution in [1.29, 1.82) is 0 Å². The first kappa shape index (κ1) is 24.6. The van der Waals surface area contributed by atoms with Crippen LogP contribution in [0.15, 0.2) is 46.7 Å². The number of rotatable bonds is 9. The van der Waals surface area contributed by atoms with Crippen molar-refractivity contribution in [2.75, 3.05) is 24.6 Å². The fourth-order valence-corrected chi connectivity index (χ4v) is 3.73. The molecule has 1 saturated carbocycles. The number of nitroso groups, excluding NO2 is 1. The molecular weight excluding hydrogens is 388 g/mol. The molecule has 0 bridgehead atoms. The van der Waals surface area contributed by atoms with E-state index < -0.39 is 0 Å². The van der Waals surface area contributed by atoms with Gasteiger partial charge in [-0.1, -0.05) is 62.6 Å². The Balaban J connectivity index is 0.000000323. The molecule has 7 nitrogen and oxygen atoms in total. The third-order valence-corrected chi connectivity index (χ3v) is 5.59. The molecule has 1 aromatic rings. The summed E-state index contributed by atoms with van der Waals surface area (Å²) in [4.78, 5) is 23.8. The average molecular weight is 427 g/mol. The number of nitrogens with zero attached hydrogens (tertiary/aromatic N) is 4. The maximum Gasteiger partial charge on any atom is 0.181 e. The van der Waals surface area contributed by atoms with Crippen LogP contribution in [0.5, 0.6) is 0 Å². The van der Waals surface area contributed by atoms with Gasteiger partial charge < -0.3 is 10.3 Å². The standard InChI is InChI=1S/C15H24N6O.C9H14/c1-2-10-21(20-22)15-12(14-16-8-9-17-14)18-13(19-15)11-6-4-3-5-7-11;1-4-6-7-8-9(3)5-2/h11H,2-10H2,1H3,(H,16,17)(H,18,19);4-7H,1,8H2,2-3H3/b;7-6-,9-5-. The van der Waals surface area contributed by atoms with Gasteiger partial charge in [-0.3, -0.25) is 4.99 Å². The van der Waals surface area contributed by atoms with Crippen molar-refractivity contribution >= 4 is 11.7 Å². The molecule has 1 aliphatic heterocycles. The van der Waals surface area contributed by atoms with E-state index in [1.54, 1.807) is 6.08 Å². The predicted octanol–water partition coefficient (Wildman–Crippen LogP) is 5.79. The summed E-state index contributed by atoms with van der Waals surface area (Å²) in [5.41, 5.74) is 2.21. The van der Waals surface area contributed by atoms with E-state index in [-0.39, 0.29) is 0 Å². The molecule has 0 radical (unpaired) electrons. The van der Waals surface area contributed by atoms with Gasteiger partial charge in [0.15, 0.2) is 5.82 Å². The Labute approximate surface area is 186 Å². The van der Waals surface area contributed by atoms with Gasteiger partial charge in [0.25, 0.3) is 0 Å². The molecule has 0 spiro atoms. The summed E-state index contributed by atoms with van der Waals surface area (Å²) in [6, 6.07) is 0. The topological polar surface area (TPSA) is 85.7 Å². The van der Waals surface area contributed by atoms with Crippen LogP contribution in [0.3, 0.4) is 0 Å². The van der Waals surface area contributed by atoms with Crippen LogP contribution in [-0.4, -0.2) is 35.4 Å². The number of hydrogen-bond donors (Lipinski definition) is 2. The van der Waals surface area contributed by atoms with Crippen molar-refractivity contribution in [3.63, 3.8) is 0 Å². The molecule has 1 aromatic heterocycles. The van der Waals surface area contributed by atoms with Crippen LogP contribution in [-0.2, 0) is 0 Å². The highest BCUT2D eigenvalue weighted by Gasteiger charge is 2.26. The highest BCUT2D eigenvalue weighted by molar-refractivity contribution is 6.02. The number of nitrogens with one attached hydrogen (secondary N) is 2. The Morgan fingerprint density at radius 1 is 1.32 bits per heavy atom. The second-order valence-electron chi connectivity index (χ2n) is 8.02. The minimum absolute atomic E-state index is 0.457. The first-order chi connectivity index (χ1) is 15.1. The lowest BCUT2D eigenvalue weighted by Crippen LogP contribution is -2.24. The number of hydrogen-bond acceptors (Lipinski definition) is 5. The van der Waals surface area contributed by atoms with Gasteiger partial charge in [0, 0.05) is 19.0 Å². The van der Waals surface area contributed by atoms with E-state index in [2.05, 4.69) is 53.2 Å². The molecular formula is C24H38N6O. The molecule has 0 unspecified atom stereocenters. The number of aromatic amines is 1. The van der Waals surface area contributed by atoms with Crippen LogP contribution in [0.2, 0.25) is 0 Å². The Morgan fingerprint density at radius 3 is 2.68 bits per heavy atom. The van der Waals surface area contributed by atoms with Crippen molar-refractivity contribution < 1.29 is 0 Å². The van der Waals surface area contributed by atoms with Gasteiger partial charge in [-0.2, -0.15) is 0 Å². The maximum atomic E-state index is 11.2. The van der Waals surface area contributed by atoms with Gasteiger partial charge in [-0.25, -0.2) is 9.99 Å². The van der Waals surface area contributed by atoms with Crippen molar-refractivity contribution in [3.8, 4) is 0 Å². The van der Waals surface area contributed by atoms with Crippen LogP contribution in [0.1, 0.15) is 83.2 Å². The van der Waals surface area contributed by atoms with E-state index in [0.717, 1.165) is 56.1 Å². The number of H-pyrrole nitrogens is 1. The Morgan fingerprint density at radius 2 is 2.10 bits per heavy atom. The van der Waals surface area contributed by atoms with Gasteiger partial charge in [0.05, 0.1) is 11.8 Å². The zero-order valence-corrected chi connectivity index (χ0v) is 19.4. The summed E-state index contributed by atoms with van der Waals surface area (Å²) >= 11 is 0.